The van der Waals surface area contributed by atoms with Gasteiger partial charge in [-0.25, -0.2) is 0 Å². The molecule has 1 aromatic heterocycles. The number of hydrogen-bond donors (Lipinski definition) is 0. The summed E-state index contributed by atoms with van der Waals surface area (Å²) in [6.07, 6.45) is 6.30. The fraction of sp³-hybridized carbons (Fsp3) is 0.148. The van der Waals surface area contributed by atoms with Crippen molar-refractivity contribution in [1.29, 1.82) is 0 Å². The van der Waals surface area contributed by atoms with E-state index in [1.165, 1.54) is 42.8 Å². The lowest BCUT2D eigenvalue weighted by Gasteiger charge is -2.21. The number of benzene rings is 3. The van der Waals surface area contributed by atoms with Crippen molar-refractivity contribution < 1.29 is 0 Å². The number of nitrogens with zero attached hydrogens (tertiary/aromatic N) is 1. The van der Waals surface area contributed by atoms with Gasteiger partial charge < -0.3 is 0 Å². The smallest absolute Gasteiger partial charge is 0.0633 e. The van der Waals surface area contributed by atoms with E-state index in [1.54, 1.807) is 0 Å². The van der Waals surface area contributed by atoms with Crippen molar-refractivity contribution in [3.05, 3.63) is 94.4 Å². The number of fused-ring (bicyclic) bond motifs is 4. The van der Waals surface area contributed by atoms with Crippen molar-refractivity contribution in [3.8, 4) is 11.1 Å². The van der Waals surface area contributed by atoms with Gasteiger partial charge in [0.25, 0.3) is 0 Å². The molecule has 0 bridgehead atoms. The van der Waals surface area contributed by atoms with Crippen molar-refractivity contribution in [2.24, 2.45) is 4.99 Å². The van der Waals surface area contributed by atoms with Gasteiger partial charge in [0.15, 0.2) is 0 Å². The van der Waals surface area contributed by atoms with E-state index in [0.717, 1.165) is 5.69 Å². The average molecular weight is 394 g/mol. The zero-order valence-corrected chi connectivity index (χ0v) is 17.8. The van der Waals surface area contributed by atoms with Crippen molar-refractivity contribution in [2.75, 3.05) is 0 Å². The minimum Gasteiger partial charge on any atom is -0.256 e. The van der Waals surface area contributed by atoms with Gasteiger partial charge in [-0.2, -0.15) is 0 Å². The Hall–Kier alpha value is -2.97. The van der Waals surface area contributed by atoms with E-state index in [0.29, 0.717) is 0 Å². The molecule has 0 aliphatic heterocycles. The first-order valence-electron chi connectivity index (χ1n) is 10.0. The molecule has 1 heterocycles. The highest BCUT2D eigenvalue weighted by molar-refractivity contribution is 7.20. The van der Waals surface area contributed by atoms with Gasteiger partial charge in [-0.3, -0.25) is 4.99 Å². The molecule has 0 saturated carbocycles. The molecule has 0 N–H and O–H groups in total. The van der Waals surface area contributed by atoms with Crippen LogP contribution in [-0.4, -0.2) is 6.21 Å². The molecule has 0 unspecified atom stereocenters. The summed E-state index contributed by atoms with van der Waals surface area (Å²) in [5, 5.41) is 1.27. The fourth-order valence-electron chi connectivity index (χ4n) is 4.40. The van der Waals surface area contributed by atoms with Crippen LogP contribution in [0.25, 0.3) is 27.3 Å². The third kappa shape index (κ3) is 2.87. The van der Waals surface area contributed by atoms with E-state index in [4.69, 9.17) is 4.99 Å². The summed E-state index contributed by atoms with van der Waals surface area (Å²) in [7, 11) is 0. The first-order valence-corrected chi connectivity index (χ1v) is 10.8. The minimum atomic E-state index is 0.00262. The standard InChI is InChI=1S/C27H23NS/c1-4-9-25-22(21-11-6-8-13-26(21)29-25)17-28-18-14-15-20-19-10-5-7-12-23(19)27(2,3)24(20)16-18/h4-17H,1-3H3/b9-4-,28-17?. The second kappa shape index (κ2) is 6.82. The third-order valence-corrected chi connectivity index (χ3v) is 7.04. The number of allylic oxidation sites excluding steroid dienone is 1. The Morgan fingerprint density at radius 1 is 0.862 bits per heavy atom. The number of rotatable bonds is 3. The van der Waals surface area contributed by atoms with E-state index in [9.17, 15) is 0 Å². The molecule has 1 aliphatic carbocycles. The zero-order valence-electron chi connectivity index (χ0n) is 16.9. The van der Waals surface area contributed by atoms with Crippen molar-refractivity contribution in [1.82, 2.24) is 0 Å². The molecule has 0 fully saturated rings. The maximum Gasteiger partial charge on any atom is 0.0633 e. The minimum absolute atomic E-state index is 0.00262. The van der Waals surface area contributed by atoms with Crippen LogP contribution in [-0.2, 0) is 5.41 Å². The van der Waals surface area contributed by atoms with Crippen LogP contribution in [0.2, 0.25) is 0 Å². The molecule has 5 rings (SSSR count). The van der Waals surface area contributed by atoms with E-state index in [-0.39, 0.29) is 5.41 Å². The monoisotopic (exact) mass is 393 g/mol. The largest absolute Gasteiger partial charge is 0.256 e. The summed E-state index contributed by atoms with van der Waals surface area (Å²) in [6, 6.07) is 23.9. The molecule has 4 aromatic rings. The SMILES string of the molecule is C/C=C\c1sc2ccccc2c1C=Nc1ccc2c(c1)C(C)(C)c1ccccc1-2. The lowest BCUT2D eigenvalue weighted by Crippen LogP contribution is -2.14. The molecule has 0 radical (unpaired) electrons. The number of aliphatic imine (C=N–C) groups is 1. The molecule has 1 nitrogen and oxygen atoms in total. The van der Waals surface area contributed by atoms with Gasteiger partial charge in [0.2, 0.25) is 0 Å². The Bertz CT molecular complexity index is 1290. The van der Waals surface area contributed by atoms with E-state index < -0.39 is 0 Å². The van der Waals surface area contributed by atoms with Gasteiger partial charge in [-0.1, -0.05) is 68.5 Å². The molecule has 0 spiro atoms. The summed E-state index contributed by atoms with van der Waals surface area (Å²) in [5.74, 6) is 0. The van der Waals surface area contributed by atoms with Gasteiger partial charge >= 0.3 is 0 Å². The quantitative estimate of drug-likeness (QED) is 0.313. The summed E-state index contributed by atoms with van der Waals surface area (Å²) in [5.41, 5.74) is 7.65. The van der Waals surface area contributed by atoms with Crippen LogP contribution in [0.4, 0.5) is 5.69 Å². The van der Waals surface area contributed by atoms with Crippen LogP contribution in [0.5, 0.6) is 0 Å². The maximum absolute atomic E-state index is 4.90. The normalized spacial score (nSPS) is 14.7. The Kier molecular flexibility index (Phi) is 4.25. The van der Waals surface area contributed by atoms with Gasteiger partial charge in [0.05, 0.1) is 5.69 Å². The van der Waals surface area contributed by atoms with Gasteiger partial charge in [-0.05, 0) is 53.5 Å². The van der Waals surface area contributed by atoms with Gasteiger partial charge in [0, 0.05) is 32.2 Å². The van der Waals surface area contributed by atoms with Crippen LogP contribution >= 0.6 is 11.3 Å². The molecule has 2 heteroatoms. The fourth-order valence-corrected chi connectivity index (χ4v) is 5.55. The molecule has 0 amide bonds. The first-order chi connectivity index (χ1) is 14.1. The maximum atomic E-state index is 4.90. The Morgan fingerprint density at radius 3 is 2.48 bits per heavy atom. The third-order valence-electron chi connectivity index (χ3n) is 5.89. The molecule has 0 atom stereocenters. The van der Waals surface area contributed by atoms with E-state index >= 15 is 0 Å². The number of hydrogen-bond acceptors (Lipinski definition) is 2. The van der Waals surface area contributed by atoms with Crippen LogP contribution in [0.3, 0.4) is 0 Å². The van der Waals surface area contributed by atoms with E-state index in [2.05, 4.69) is 99.7 Å². The van der Waals surface area contributed by atoms with Crippen LogP contribution < -0.4 is 0 Å². The Morgan fingerprint density at radius 2 is 1.62 bits per heavy atom. The highest BCUT2D eigenvalue weighted by Crippen LogP contribution is 2.49. The predicted octanol–water partition coefficient (Wildman–Crippen LogP) is 7.99. The second-order valence-electron chi connectivity index (χ2n) is 8.03. The van der Waals surface area contributed by atoms with Gasteiger partial charge in [0.1, 0.15) is 0 Å². The van der Waals surface area contributed by atoms with Gasteiger partial charge in [-0.15, -0.1) is 11.3 Å². The molecular weight excluding hydrogens is 370 g/mol. The second-order valence-corrected chi connectivity index (χ2v) is 9.12. The lowest BCUT2D eigenvalue weighted by molar-refractivity contribution is 0.660. The predicted molar refractivity (Wildman–Crippen MR) is 128 cm³/mol. The lowest BCUT2D eigenvalue weighted by atomic mass is 9.82. The Labute approximate surface area is 176 Å². The summed E-state index contributed by atoms with van der Waals surface area (Å²) >= 11 is 1.82. The first kappa shape index (κ1) is 18.1. The summed E-state index contributed by atoms with van der Waals surface area (Å²) < 4.78 is 1.30. The zero-order chi connectivity index (χ0) is 20.0. The molecule has 0 saturated heterocycles. The Balaban J connectivity index is 1.59. The highest BCUT2D eigenvalue weighted by Gasteiger charge is 2.35. The number of thiophene rings is 1. The van der Waals surface area contributed by atoms with Crippen molar-refractivity contribution in [2.45, 2.75) is 26.2 Å². The topological polar surface area (TPSA) is 12.4 Å². The summed E-state index contributed by atoms with van der Waals surface area (Å²) in [6.45, 7) is 6.68. The van der Waals surface area contributed by atoms with Crippen LogP contribution in [0.15, 0.2) is 77.8 Å². The molecule has 142 valence electrons. The molecule has 3 aromatic carbocycles. The van der Waals surface area contributed by atoms with Crippen molar-refractivity contribution >= 4 is 39.4 Å². The van der Waals surface area contributed by atoms with Crippen LogP contribution in [0.1, 0.15) is 42.3 Å². The van der Waals surface area contributed by atoms with Crippen molar-refractivity contribution in [3.63, 3.8) is 0 Å². The molecule has 29 heavy (non-hydrogen) atoms. The van der Waals surface area contributed by atoms with E-state index in [1.807, 2.05) is 17.6 Å². The molecular formula is C27H23NS. The van der Waals surface area contributed by atoms with Crippen LogP contribution in [0, 0.1) is 0 Å². The summed E-state index contributed by atoms with van der Waals surface area (Å²) in [4.78, 5) is 6.15. The molecule has 1 aliphatic rings. The average Bonchev–Trinajstić information content (AvgIpc) is 3.19. The highest BCUT2D eigenvalue weighted by atomic mass is 32.1.